The zero-order valence-electron chi connectivity index (χ0n) is 17.8. The summed E-state index contributed by atoms with van der Waals surface area (Å²) >= 11 is 1.55. The van der Waals surface area contributed by atoms with Crippen molar-refractivity contribution in [2.45, 2.75) is 36.4 Å². The van der Waals surface area contributed by atoms with E-state index in [9.17, 15) is 0 Å². The van der Waals surface area contributed by atoms with Crippen LogP contribution < -0.4 is 10.5 Å². The van der Waals surface area contributed by atoms with E-state index in [0.717, 1.165) is 52.6 Å². The molecule has 0 saturated carbocycles. The van der Waals surface area contributed by atoms with E-state index in [0.29, 0.717) is 23.9 Å². The molecule has 32 heavy (non-hydrogen) atoms. The summed E-state index contributed by atoms with van der Waals surface area (Å²) in [6, 6.07) is 15.6. The number of nitrogen functional groups attached to an aromatic ring is 1. The first kappa shape index (κ1) is 20.7. The monoisotopic (exact) mass is 448 g/mol. The first-order chi connectivity index (χ1) is 15.7. The molecule has 0 radical (unpaired) electrons. The predicted molar refractivity (Wildman–Crippen MR) is 124 cm³/mol. The third-order valence-electron chi connectivity index (χ3n) is 5.48. The van der Waals surface area contributed by atoms with Gasteiger partial charge in [-0.3, -0.25) is 4.57 Å². The van der Waals surface area contributed by atoms with Crippen LogP contribution in [0.4, 0.5) is 5.82 Å². The Morgan fingerprint density at radius 2 is 1.97 bits per heavy atom. The summed E-state index contributed by atoms with van der Waals surface area (Å²) in [5.41, 5.74) is 7.97. The lowest BCUT2D eigenvalue weighted by atomic mass is 10.2. The van der Waals surface area contributed by atoms with E-state index in [4.69, 9.17) is 15.2 Å². The molecule has 1 fully saturated rings. The van der Waals surface area contributed by atoms with Crippen LogP contribution in [0, 0.1) is 0 Å². The topological polar surface area (TPSA) is 101 Å². The molecule has 1 aliphatic heterocycles. The molecule has 1 atom stereocenters. The Morgan fingerprint density at radius 3 is 2.75 bits per heavy atom. The van der Waals surface area contributed by atoms with Crippen molar-refractivity contribution in [3.63, 3.8) is 0 Å². The molecule has 2 N–H and O–H groups in total. The Hall–Kier alpha value is -3.17. The first-order valence-electron chi connectivity index (χ1n) is 10.5. The molecule has 8 nitrogen and oxygen atoms in total. The zero-order valence-corrected chi connectivity index (χ0v) is 18.6. The zero-order chi connectivity index (χ0) is 21.9. The molecule has 9 heteroatoms. The third kappa shape index (κ3) is 4.26. The summed E-state index contributed by atoms with van der Waals surface area (Å²) in [5, 5.41) is 10.6. The summed E-state index contributed by atoms with van der Waals surface area (Å²) in [4.78, 5) is 9.14. The Bertz CT molecular complexity index is 1220. The van der Waals surface area contributed by atoms with Crippen LogP contribution in [0.2, 0.25) is 0 Å². The predicted octanol–water partition coefficient (Wildman–Crippen LogP) is 3.95. The first-order valence-corrected chi connectivity index (χ1v) is 11.5. The Balaban J connectivity index is 1.43. The maximum Gasteiger partial charge on any atom is 0.192 e. The van der Waals surface area contributed by atoms with Gasteiger partial charge in [0, 0.05) is 17.6 Å². The van der Waals surface area contributed by atoms with Crippen LogP contribution in [0.5, 0.6) is 5.75 Å². The quantitative estimate of drug-likeness (QED) is 0.424. The van der Waals surface area contributed by atoms with E-state index in [2.05, 4.69) is 24.7 Å². The molecule has 1 aliphatic rings. The number of nitrogens with zero attached hydrogens (tertiary/aromatic N) is 5. The van der Waals surface area contributed by atoms with E-state index < -0.39 is 0 Å². The highest BCUT2D eigenvalue weighted by Crippen LogP contribution is 2.29. The summed E-state index contributed by atoms with van der Waals surface area (Å²) in [5.74, 6) is 3.32. The van der Waals surface area contributed by atoms with Crippen LogP contribution in [0.1, 0.15) is 18.7 Å². The minimum Gasteiger partial charge on any atom is -0.497 e. The lowest BCUT2D eigenvalue weighted by Gasteiger charge is -2.15. The number of hydrogen-bond donors (Lipinski definition) is 1. The van der Waals surface area contributed by atoms with Gasteiger partial charge in [-0.15, -0.1) is 10.2 Å². The standard InChI is InChI=1S/C23H24N6O2S/c1-30-16-10-8-15(9-11-16)22-27-28-23(29(22)13-17-5-4-12-31-17)32-14-20-25-19-7-3-2-6-18(19)21(24)26-20/h2-3,6-11,17H,4-5,12-14H2,1H3,(H2,24,25,26). The van der Waals surface area contributed by atoms with Crippen molar-refractivity contribution in [1.29, 1.82) is 0 Å². The second-order valence-corrected chi connectivity index (χ2v) is 8.55. The normalized spacial score (nSPS) is 16.0. The van der Waals surface area contributed by atoms with Crippen LogP contribution in [0.15, 0.2) is 53.7 Å². The molecule has 0 bridgehead atoms. The molecular weight excluding hydrogens is 424 g/mol. The average Bonchev–Trinajstić information content (AvgIpc) is 3.48. The SMILES string of the molecule is COc1ccc(-c2nnc(SCc3nc(N)c4ccccc4n3)n2CC2CCCO2)cc1. The fourth-order valence-corrected chi connectivity index (χ4v) is 4.65. The van der Waals surface area contributed by atoms with Crippen molar-refractivity contribution >= 4 is 28.5 Å². The van der Waals surface area contributed by atoms with Crippen molar-refractivity contribution < 1.29 is 9.47 Å². The molecule has 0 aliphatic carbocycles. The van der Waals surface area contributed by atoms with E-state index in [-0.39, 0.29) is 6.10 Å². The molecule has 1 unspecified atom stereocenters. The molecule has 2 aromatic carbocycles. The minimum atomic E-state index is 0.162. The number of hydrogen-bond acceptors (Lipinski definition) is 8. The van der Waals surface area contributed by atoms with Gasteiger partial charge in [0.05, 0.1) is 31.0 Å². The molecule has 0 amide bonds. The van der Waals surface area contributed by atoms with E-state index in [1.165, 1.54) is 0 Å². The number of fused-ring (bicyclic) bond motifs is 1. The van der Waals surface area contributed by atoms with Gasteiger partial charge in [-0.1, -0.05) is 23.9 Å². The molecule has 1 saturated heterocycles. The van der Waals surface area contributed by atoms with Gasteiger partial charge in [0.15, 0.2) is 11.0 Å². The second kappa shape index (κ2) is 9.13. The highest BCUT2D eigenvalue weighted by atomic mass is 32.2. The van der Waals surface area contributed by atoms with Gasteiger partial charge in [-0.2, -0.15) is 0 Å². The smallest absolute Gasteiger partial charge is 0.192 e. The third-order valence-corrected chi connectivity index (χ3v) is 6.45. The molecule has 0 spiro atoms. The van der Waals surface area contributed by atoms with Crippen molar-refractivity contribution in [2.75, 3.05) is 19.5 Å². The number of ether oxygens (including phenoxy) is 2. The van der Waals surface area contributed by atoms with Crippen molar-refractivity contribution in [1.82, 2.24) is 24.7 Å². The van der Waals surface area contributed by atoms with Crippen LogP contribution in [0.3, 0.4) is 0 Å². The van der Waals surface area contributed by atoms with Crippen LogP contribution in [-0.2, 0) is 17.0 Å². The largest absolute Gasteiger partial charge is 0.497 e. The Labute approximate surface area is 190 Å². The second-order valence-electron chi connectivity index (χ2n) is 7.61. The van der Waals surface area contributed by atoms with Gasteiger partial charge in [-0.25, -0.2) is 9.97 Å². The van der Waals surface area contributed by atoms with E-state index >= 15 is 0 Å². The minimum absolute atomic E-state index is 0.162. The molecular formula is C23H24N6O2S. The maximum atomic E-state index is 6.15. The van der Waals surface area contributed by atoms with Gasteiger partial charge in [0.25, 0.3) is 0 Å². The molecule has 3 heterocycles. The number of rotatable bonds is 7. The van der Waals surface area contributed by atoms with Gasteiger partial charge in [-0.05, 0) is 49.2 Å². The number of benzene rings is 2. The van der Waals surface area contributed by atoms with E-state index in [1.54, 1.807) is 18.9 Å². The fourth-order valence-electron chi connectivity index (χ4n) is 3.85. The number of aromatic nitrogens is 5. The van der Waals surface area contributed by atoms with Crippen molar-refractivity contribution in [3.05, 3.63) is 54.4 Å². The van der Waals surface area contributed by atoms with Crippen LogP contribution >= 0.6 is 11.8 Å². The summed E-state index contributed by atoms with van der Waals surface area (Å²) in [7, 11) is 1.66. The summed E-state index contributed by atoms with van der Waals surface area (Å²) in [6.45, 7) is 1.51. The summed E-state index contributed by atoms with van der Waals surface area (Å²) < 4.78 is 13.3. The fraction of sp³-hybridized carbons (Fsp3) is 0.304. The molecule has 4 aromatic rings. The lowest BCUT2D eigenvalue weighted by Crippen LogP contribution is -2.16. The number of para-hydroxylation sites is 1. The average molecular weight is 449 g/mol. The highest BCUT2D eigenvalue weighted by Gasteiger charge is 2.22. The number of thioether (sulfide) groups is 1. The van der Waals surface area contributed by atoms with Crippen LogP contribution in [0.25, 0.3) is 22.3 Å². The number of anilines is 1. The van der Waals surface area contributed by atoms with E-state index in [1.807, 2.05) is 48.5 Å². The number of methoxy groups -OCH3 is 1. The van der Waals surface area contributed by atoms with Gasteiger partial charge < -0.3 is 15.2 Å². The van der Waals surface area contributed by atoms with Gasteiger partial charge in [0.1, 0.15) is 17.4 Å². The van der Waals surface area contributed by atoms with Gasteiger partial charge in [0.2, 0.25) is 0 Å². The van der Waals surface area contributed by atoms with Crippen molar-refractivity contribution in [2.24, 2.45) is 0 Å². The lowest BCUT2D eigenvalue weighted by molar-refractivity contribution is 0.0953. The molecule has 5 rings (SSSR count). The number of nitrogens with two attached hydrogens (primary N) is 1. The highest BCUT2D eigenvalue weighted by molar-refractivity contribution is 7.98. The molecule has 164 valence electrons. The maximum absolute atomic E-state index is 6.15. The molecule has 2 aromatic heterocycles. The summed E-state index contributed by atoms with van der Waals surface area (Å²) in [6.07, 6.45) is 2.28. The van der Waals surface area contributed by atoms with Crippen LogP contribution in [-0.4, -0.2) is 44.6 Å². The van der Waals surface area contributed by atoms with Gasteiger partial charge >= 0.3 is 0 Å². The van der Waals surface area contributed by atoms with Crippen molar-refractivity contribution in [3.8, 4) is 17.1 Å². The Kier molecular flexibility index (Phi) is 5.91. The Morgan fingerprint density at radius 1 is 1.12 bits per heavy atom.